The van der Waals surface area contributed by atoms with Crippen LogP contribution in [-0.2, 0) is 4.79 Å². The van der Waals surface area contributed by atoms with E-state index < -0.39 is 11.5 Å². The number of rotatable bonds is 6. The fourth-order valence-corrected chi connectivity index (χ4v) is 2.49. The van der Waals surface area contributed by atoms with Gasteiger partial charge in [-0.3, -0.25) is 10.1 Å². The van der Waals surface area contributed by atoms with Gasteiger partial charge in [0, 0.05) is 19.1 Å². The van der Waals surface area contributed by atoms with Crippen molar-refractivity contribution in [3.05, 3.63) is 0 Å². The predicted molar refractivity (Wildman–Crippen MR) is 69.2 cm³/mol. The van der Waals surface area contributed by atoms with Gasteiger partial charge in [0.05, 0.1) is 0 Å². The van der Waals surface area contributed by atoms with Gasteiger partial charge in [-0.1, -0.05) is 6.92 Å². The van der Waals surface area contributed by atoms with Crippen molar-refractivity contribution in [1.82, 2.24) is 10.2 Å². The topological polar surface area (TPSA) is 52.6 Å². The van der Waals surface area contributed by atoms with Crippen LogP contribution in [0.5, 0.6) is 0 Å². The Morgan fingerprint density at radius 3 is 2.65 bits per heavy atom. The zero-order valence-electron chi connectivity index (χ0n) is 11.5. The van der Waals surface area contributed by atoms with Crippen molar-refractivity contribution in [1.29, 1.82) is 0 Å². The summed E-state index contributed by atoms with van der Waals surface area (Å²) in [5.74, 6) is 0.00240. The fourth-order valence-electron chi connectivity index (χ4n) is 2.49. The Balaban J connectivity index is 2.47. The molecule has 100 valence electrons. The zero-order chi connectivity index (χ0) is 13.1. The van der Waals surface area contributed by atoms with E-state index in [9.17, 15) is 9.90 Å². The minimum absolute atomic E-state index is 0.189. The van der Waals surface area contributed by atoms with Crippen LogP contribution < -0.4 is 5.32 Å². The first-order valence-electron chi connectivity index (χ1n) is 6.57. The number of nitrogens with zero attached hydrogens (tertiary/aromatic N) is 1. The smallest absolute Gasteiger partial charge is 0.323 e. The fraction of sp³-hybridized carbons (Fsp3) is 0.923. The highest BCUT2D eigenvalue weighted by molar-refractivity contribution is 5.78. The molecule has 1 rings (SSSR count). The molecule has 0 aromatic carbocycles. The molecule has 4 nitrogen and oxygen atoms in total. The molecule has 0 spiro atoms. The largest absolute Gasteiger partial charge is 0.480 e. The van der Waals surface area contributed by atoms with Crippen LogP contribution >= 0.6 is 0 Å². The maximum atomic E-state index is 11.3. The Hall–Kier alpha value is -0.610. The summed E-state index contributed by atoms with van der Waals surface area (Å²) in [6, 6.07) is 0.189. The van der Waals surface area contributed by atoms with Crippen molar-refractivity contribution in [2.45, 2.75) is 52.1 Å². The predicted octanol–water partition coefficient (Wildman–Crippen LogP) is 1.56. The third-order valence-corrected chi connectivity index (χ3v) is 3.52. The van der Waals surface area contributed by atoms with E-state index in [0.717, 1.165) is 25.6 Å². The first kappa shape index (κ1) is 14.5. The van der Waals surface area contributed by atoms with Crippen molar-refractivity contribution in [3.8, 4) is 0 Å². The number of carboxylic acids is 1. The van der Waals surface area contributed by atoms with E-state index in [-0.39, 0.29) is 6.04 Å². The molecule has 2 unspecified atom stereocenters. The standard InChI is InChI=1S/C13H26N2O2/c1-10(2)14-13(4,12(16)17)6-8-15-7-5-11(3)9-15/h10-11,14H,5-9H2,1-4H3,(H,16,17). The van der Waals surface area contributed by atoms with Gasteiger partial charge < -0.3 is 10.0 Å². The average molecular weight is 242 g/mol. The highest BCUT2D eigenvalue weighted by Crippen LogP contribution is 2.18. The summed E-state index contributed by atoms with van der Waals surface area (Å²) < 4.78 is 0. The van der Waals surface area contributed by atoms with Gasteiger partial charge in [-0.05, 0) is 46.1 Å². The van der Waals surface area contributed by atoms with Gasteiger partial charge in [0.1, 0.15) is 5.54 Å². The molecule has 1 aliphatic rings. The number of carboxylic acid groups (broad SMARTS) is 1. The molecule has 1 aliphatic heterocycles. The molecule has 1 saturated heterocycles. The molecule has 0 aliphatic carbocycles. The van der Waals surface area contributed by atoms with Crippen molar-refractivity contribution < 1.29 is 9.90 Å². The third kappa shape index (κ3) is 4.28. The number of likely N-dealkylation sites (tertiary alicyclic amines) is 1. The second-order valence-electron chi connectivity index (χ2n) is 5.88. The Morgan fingerprint density at radius 1 is 1.59 bits per heavy atom. The van der Waals surface area contributed by atoms with Crippen LogP contribution in [-0.4, -0.2) is 47.2 Å². The monoisotopic (exact) mass is 242 g/mol. The van der Waals surface area contributed by atoms with Gasteiger partial charge in [-0.25, -0.2) is 0 Å². The number of carbonyl (C=O) groups is 1. The first-order chi connectivity index (χ1) is 7.83. The maximum absolute atomic E-state index is 11.3. The summed E-state index contributed by atoms with van der Waals surface area (Å²) in [6.45, 7) is 11.1. The van der Waals surface area contributed by atoms with Crippen LogP contribution in [0.15, 0.2) is 0 Å². The van der Waals surface area contributed by atoms with Crippen molar-refractivity contribution >= 4 is 5.97 Å². The summed E-state index contributed by atoms with van der Waals surface area (Å²) in [5, 5.41) is 12.5. The van der Waals surface area contributed by atoms with Gasteiger partial charge >= 0.3 is 5.97 Å². The Morgan fingerprint density at radius 2 is 2.24 bits per heavy atom. The van der Waals surface area contributed by atoms with Crippen molar-refractivity contribution in [2.75, 3.05) is 19.6 Å². The second-order valence-corrected chi connectivity index (χ2v) is 5.88. The van der Waals surface area contributed by atoms with E-state index in [2.05, 4.69) is 17.1 Å². The molecule has 2 N–H and O–H groups in total. The summed E-state index contributed by atoms with van der Waals surface area (Å²) in [4.78, 5) is 13.7. The second kappa shape index (κ2) is 5.83. The van der Waals surface area contributed by atoms with Gasteiger partial charge in [-0.2, -0.15) is 0 Å². The van der Waals surface area contributed by atoms with E-state index in [4.69, 9.17) is 0 Å². The van der Waals surface area contributed by atoms with E-state index in [1.807, 2.05) is 13.8 Å². The Labute approximate surface area is 104 Å². The van der Waals surface area contributed by atoms with Gasteiger partial charge in [0.25, 0.3) is 0 Å². The molecule has 0 amide bonds. The summed E-state index contributed by atoms with van der Waals surface area (Å²) >= 11 is 0. The molecule has 0 aromatic heterocycles. The summed E-state index contributed by atoms with van der Waals surface area (Å²) in [6.07, 6.45) is 1.90. The molecule has 1 heterocycles. The average Bonchev–Trinajstić information content (AvgIpc) is 2.60. The third-order valence-electron chi connectivity index (χ3n) is 3.52. The lowest BCUT2D eigenvalue weighted by atomic mass is 9.96. The summed E-state index contributed by atoms with van der Waals surface area (Å²) in [5.41, 5.74) is -0.806. The van der Waals surface area contributed by atoms with Crippen LogP contribution in [0.4, 0.5) is 0 Å². The normalized spacial score (nSPS) is 25.1. The van der Waals surface area contributed by atoms with E-state index in [1.165, 1.54) is 6.42 Å². The molecule has 0 saturated carbocycles. The Kier molecular flexibility index (Phi) is 4.95. The van der Waals surface area contributed by atoms with Gasteiger partial charge in [0.15, 0.2) is 0 Å². The molecular formula is C13H26N2O2. The van der Waals surface area contributed by atoms with Gasteiger partial charge in [0.2, 0.25) is 0 Å². The maximum Gasteiger partial charge on any atom is 0.323 e. The highest BCUT2D eigenvalue weighted by atomic mass is 16.4. The van der Waals surface area contributed by atoms with Crippen LogP contribution in [0.1, 0.15) is 40.5 Å². The van der Waals surface area contributed by atoms with Gasteiger partial charge in [-0.15, -0.1) is 0 Å². The molecule has 0 radical (unpaired) electrons. The lowest BCUT2D eigenvalue weighted by molar-refractivity contribution is -0.144. The van der Waals surface area contributed by atoms with Crippen LogP contribution in [0.3, 0.4) is 0 Å². The first-order valence-corrected chi connectivity index (χ1v) is 6.57. The van der Waals surface area contributed by atoms with E-state index in [0.29, 0.717) is 6.42 Å². The Bertz CT molecular complexity index is 268. The SMILES string of the molecule is CC1CCN(CCC(C)(NC(C)C)C(=O)O)C1. The van der Waals surface area contributed by atoms with Crippen LogP contribution in [0.25, 0.3) is 0 Å². The molecule has 0 aromatic rings. The number of aliphatic carboxylic acids is 1. The molecule has 17 heavy (non-hydrogen) atoms. The van der Waals surface area contributed by atoms with E-state index >= 15 is 0 Å². The minimum atomic E-state index is -0.806. The highest BCUT2D eigenvalue weighted by Gasteiger charge is 2.34. The molecule has 0 bridgehead atoms. The van der Waals surface area contributed by atoms with Crippen LogP contribution in [0.2, 0.25) is 0 Å². The number of nitrogens with one attached hydrogen (secondary N) is 1. The molecule has 2 atom stereocenters. The quantitative estimate of drug-likeness (QED) is 0.742. The van der Waals surface area contributed by atoms with Crippen LogP contribution in [0, 0.1) is 5.92 Å². The lowest BCUT2D eigenvalue weighted by Crippen LogP contribution is -2.53. The number of hydrogen-bond donors (Lipinski definition) is 2. The van der Waals surface area contributed by atoms with E-state index in [1.54, 1.807) is 6.92 Å². The zero-order valence-corrected chi connectivity index (χ0v) is 11.5. The lowest BCUT2D eigenvalue weighted by Gasteiger charge is -2.30. The van der Waals surface area contributed by atoms with Crippen molar-refractivity contribution in [3.63, 3.8) is 0 Å². The minimum Gasteiger partial charge on any atom is -0.480 e. The summed E-state index contributed by atoms with van der Waals surface area (Å²) in [7, 11) is 0. The molecular weight excluding hydrogens is 216 g/mol. The van der Waals surface area contributed by atoms with Crippen molar-refractivity contribution in [2.24, 2.45) is 5.92 Å². The molecule has 1 fully saturated rings. The molecule has 4 heteroatoms. The number of hydrogen-bond acceptors (Lipinski definition) is 3.